The van der Waals surface area contributed by atoms with Crippen LogP contribution in [0.4, 0.5) is 0 Å². The van der Waals surface area contributed by atoms with Crippen LogP contribution in [0.1, 0.15) is 71.9 Å². The van der Waals surface area contributed by atoms with Crippen molar-refractivity contribution >= 4 is 29.7 Å². The lowest BCUT2D eigenvalue weighted by Gasteiger charge is -2.42. The summed E-state index contributed by atoms with van der Waals surface area (Å²) in [5.74, 6) is 2.21. The van der Waals surface area contributed by atoms with Gasteiger partial charge in [0.25, 0.3) is 8.32 Å². The van der Waals surface area contributed by atoms with Gasteiger partial charge in [-0.05, 0) is 126 Å². The van der Waals surface area contributed by atoms with Crippen LogP contribution < -0.4 is 9.16 Å². The first kappa shape index (κ1) is 31.6. The summed E-state index contributed by atoms with van der Waals surface area (Å²) in [5, 5.41) is 11.4. The van der Waals surface area contributed by atoms with Gasteiger partial charge < -0.3 is 14.3 Å². The fourth-order valence-corrected chi connectivity index (χ4v) is 13.7. The molecule has 1 N–H and O–H groups in total. The first-order valence-corrected chi connectivity index (χ1v) is 19.1. The molecule has 1 aliphatic rings. The van der Waals surface area contributed by atoms with Gasteiger partial charge in [-0.2, -0.15) is 0 Å². The number of benzene rings is 3. The maximum absolute atomic E-state index is 10.2. The third-order valence-corrected chi connectivity index (χ3v) is 16.6. The minimum atomic E-state index is -2.02. The van der Waals surface area contributed by atoms with Crippen LogP contribution in [-0.4, -0.2) is 44.6 Å². The van der Waals surface area contributed by atoms with E-state index in [-0.39, 0.29) is 0 Å². The van der Waals surface area contributed by atoms with E-state index < -0.39 is 8.32 Å². The molecule has 1 fully saturated rings. The molecule has 0 saturated carbocycles. The van der Waals surface area contributed by atoms with E-state index in [9.17, 15) is 5.11 Å². The Kier molecular flexibility index (Phi) is 10.2. The number of hydrogen-bond donors (Lipinski definition) is 1. The Morgan fingerprint density at radius 3 is 2.05 bits per heavy atom. The number of rotatable bonds is 12. The number of phenols is 1. The van der Waals surface area contributed by atoms with E-state index in [1.807, 2.05) is 6.07 Å². The zero-order valence-corrected chi connectivity index (χ0v) is 28.7. The van der Waals surface area contributed by atoms with E-state index in [0.29, 0.717) is 22.4 Å². The van der Waals surface area contributed by atoms with Crippen molar-refractivity contribution in [1.29, 1.82) is 0 Å². The maximum atomic E-state index is 10.2. The fraction of sp³-hybridized carbons (Fsp3) is 0.459. The van der Waals surface area contributed by atoms with Gasteiger partial charge in [0.15, 0.2) is 0 Å². The van der Waals surface area contributed by atoms with Gasteiger partial charge in [0.05, 0.1) is 0 Å². The maximum Gasteiger partial charge on any atom is 0.258 e. The molecule has 1 aromatic heterocycles. The Balaban J connectivity index is 1.36. The van der Waals surface area contributed by atoms with Gasteiger partial charge in [-0.25, -0.2) is 0 Å². The van der Waals surface area contributed by atoms with Crippen molar-refractivity contribution in [3.8, 4) is 27.7 Å². The highest BCUT2D eigenvalue weighted by Gasteiger charge is 2.47. The fourth-order valence-electron chi connectivity index (χ4n) is 7.16. The summed E-state index contributed by atoms with van der Waals surface area (Å²) >= 11 is 1.75. The Bertz CT molecular complexity index is 1450. The topological polar surface area (TPSA) is 41.9 Å². The van der Waals surface area contributed by atoms with Crippen LogP contribution in [0.5, 0.6) is 17.2 Å². The van der Waals surface area contributed by atoms with Gasteiger partial charge in [-0.15, -0.1) is 11.3 Å². The number of ether oxygens (including phenoxy) is 1. The molecule has 3 aromatic carbocycles. The summed E-state index contributed by atoms with van der Waals surface area (Å²) in [6.45, 7) is 18.1. The smallest absolute Gasteiger partial charge is 0.258 e. The molecule has 0 unspecified atom stereocenters. The van der Waals surface area contributed by atoms with Crippen LogP contribution in [0, 0.1) is 0 Å². The molecule has 2 heterocycles. The summed E-state index contributed by atoms with van der Waals surface area (Å²) in [4.78, 5) is 3.75. The standard InChI is InChI=1S/C37H49NO3SSi/c1-26(2)43(27(3)4,28(5)6)41-33-17-12-30(13-18-33)37-35(34-19-14-31(39)25-36(34)42-37)24-29-10-15-32(16-11-29)40-23-22-38-20-8-7-9-21-38/h10-19,25-28,39H,7-9,20-24H2,1-6H3. The van der Waals surface area contributed by atoms with Crippen LogP contribution in [0.25, 0.3) is 20.5 Å². The van der Waals surface area contributed by atoms with E-state index in [1.165, 1.54) is 59.3 Å². The first-order valence-electron chi connectivity index (χ1n) is 16.1. The molecule has 0 aliphatic carbocycles. The van der Waals surface area contributed by atoms with Crippen LogP contribution in [0.3, 0.4) is 0 Å². The van der Waals surface area contributed by atoms with Crippen molar-refractivity contribution in [2.75, 3.05) is 26.2 Å². The quantitative estimate of drug-likeness (QED) is 0.161. The lowest BCUT2D eigenvalue weighted by molar-refractivity contribution is 0.183. The highest BCUT2D eigenvalue weighted by molar-refractivity contribution is 7.22. The monoisotopic (exact) mass is 615 g/mol. The van der Waals surface area contributed by atoms with Crippen molar-refractivity contribution in [1.82, 2.24) is 4.90 Å². The molecule has 4 nitrogen and oxygen atoms in total. The van der Waals surface area contributed by atoms with E-state index in [0.717, 1.165) is 35.8 Å². The molecule has 1 saturated heterocycles. The molecule has 0 bridgehead atoms. The Morgan fingerprint density at radius 2 is 1.42 bits per heavy atom. The lowest BCUT2D eigenvalue weighted by atomic mass is 9.99. The number of aromatic hydroxyl groups is 1. The third-order valence-electron chi connectivity index (χ3n) is 9.32. The molecule has 0 radical (unpaired) electrons. The predicted molar refractivity (Wildman–Crippen MR) is 186 cm³/mol. The van der Waals surface area contributed by atoms with Crippen LogP contribution >= 0.6 is 11.3 Å². The van der Waals surface area contributed by atoms with Crippen LogP contribution in [-0.2, 0) is 6.42 Å². The summed E-state index contributed by atoms with van der Waals surface area (Å²) in [6, 6.07) is 23.1. The summed E-state index contributed by atoms with van der Waals surface area (Å²) in [6.07, 6.45) is 4.79. The van der Waals surface area contributed by atoms with Gasteiger partial charge in [-0.3, -0.25) is 4.90 Å². The van der Waals surface area contributed by atoms with Gasteiger partial charge in [0.1, 0.15) is 23.9 Å². The molecule has 0 spiro atoms. The summed E-state index contributed by atoms with van der Waals surface area (Å²) in [7, 11) is -2.02. The molecule has 1 aliphatic heterocycles. The van der Waals surface area contributed by atoms with Crippen LogP contribution in [0.2, 0.25) is 16.6 Å². The summed E-state index contributed by atoms with van der Waals surface area (Å²) in [5.41, 5.74) is 5.31. The molecule has 5 rings (SSSR count). The number of likely N-dealkylation sites (tertiary alicyclic amines) is 1. The largest absolute Gasteiger partial charge is 0.543 e. The van der Waals surface area contributed by atoms with E-state index in [1.54, 1.807) is 17.4 Å². The van der Waals surface area contributed by atoms with Crippen LogP contribution in [0.15, 0.2) is 66.7 Å². The molecule has 0 atom stereocenters. The number of fused-ring (bicyclic) bond motifs is 1. The first-order chi connectivity index (χ1) is 20.7. The summed E-state index contributed by atoms with van der Waals surface area (Å²) < 4.78 is 14.1. The molecular weight excluding hydrogens is 567 g/mol. The Labute approximate surface area is 263 Å². The van der Waals surface area contributed by atoms with Gasteiger partial charge in [-0.1, -0.05) is 60.1 Å². The van der Waals surface area contributed by atoms with Gasteiger partial charge in [0.2, 0.25) is 0 Å². The van der Waals surface area contributed by atoms with E-state index >= 15 is 0 Å². The zero-order valence-electron chi connectivity index (χ0n) is 26.9. The third kappa shape index (κ3) is 7.13. The van der Waals surface area contributed by atoms with Gasteiger partial charge in [0, 0.05) is 16.1 Å². The SMILES string of the molecule is CC(C)[Si](Oc1ccc(-c2sc3cc(O)ccc3c2Cc2ccc(OCCN3CCCCC3)cc2)cc1)(C(C)C)C(C)C. The molecule has 4 aromatic rings. The Hall–Kier alpha value is -2.80. The van der Waals surface area contributed by atoms with E-state index in [2.05, 4.69) is 101 Å². The number of piperidine rings is 1. The van der Waals surface area contributed by atoms with Crippen molar-refractivity contribution < 1.29 is 14.3 Å². The van der Waals surface area contributed by atoms with E-state index in [4.69, 9.17) is 9.16 Å². The second-order valence-corrected chi connectivity index (χ2v) is 19.5. The predicted octanol–water partition coefficient (Wildman–Crippen LogP) is 10.3. The number of phenolic OH excluding ortho intramolecular Hbond substituents is 1. The molecule has 0 amide bonds. The Morgan fingerprint density at radius 1 is 0.791 bits per heavy atom. The minimum absolute atomic E-state index is 0.305. The van der Waals surface area contributed by atoms with Crippen molar-refractivity contribution in [2.45, 2.75) is 83.8 Å². The average Bonchev–Trinajstić information content (AvgIpc) is 3.34. The van der Waals surface area contributed by atoms with Crippen molar-refractivity contribution in [3.05, 3.63) is 77.9 Å². The second kappa shape index (κ2) is 13.9. The number of hydrogen-bond acceptors (Lipinski definition) is 5. The second-order valence-electron chi connectivity index (χ2n) is 13.1. The zero-order chi connectivity index (χ0) is 30.6. The minimum Gasteiger partial charge on any atom is -0.543 e. The lowest BCUT2D eigenvalue weighted by Crippen LogP contribution is -2.50. The molecule has 230 valence electrons. The average molecular weight is 616 g/mol. The normalized spacial score (nSPS) is 14.7. The number of nitrogens with zero attached hydrogens (tertiary/aromatic N) is 1. The van der Waals surface area contributed by atoms with Gasteiger partial charge >= 0.3 is 0 Å². The van der Waals surface area contributed by atoms with Crippen molar-refractivity contribution in [3.63, 3.8) is 0 Å². The molecule has 43 heavy (non-hydrogen) atoms. The highest BCUT2D eigenvalue weighted by Crippen LogP contribution is 2.44. The molecule has 6 heteroatoms. The highest BCUT2D eigenvalue weighted by atomic mass is 32.1. The molecular formula is C37H49NO3SSi. The number of thiophene rings is 1. The van der Waals surface area contributed by atoms with Crippen molar-refractivity contribution in [2.24, 2.45) is 0 Å².